The average Bonchev–Trinajstić information content (AvgIpc) is 2.57. The number of H-pyrrole nitrogens is 1. The van der Waals surface area contributed by atoms with E-state index in [2.05, 4.69) is 9.97 Å². The molecule has 4 heteroatoms. The van der Waals surface area contributed by atoms with Crippen LogP contribution in [0.2, 0.25) is 0 Å². The molecule has 78 valence electrons. The molecule has 2 aromatic rings. The number of nitrogens with zero attached hydrogens (tertiary/aromatic N) is 1. The molecule has 0 radical (unpaired) electrons. The van der Waals surface area contributed by atoms with Crippen LogP contribution in [0.25, 0.3) is 11.0 Å². The number of Topliss-reactive ketones (excluding diaryl/α,β-unsaturated/α-hetero) is 1. The van der Waals surface area contributed by atoms with E-state index in [1.807, 2.05) is 6.92 Å². The number of carbonyl (C=O) groups excluding carboxylic acids is 1. The first kappa shape index (κ1) is 9.71. The summed E-state index contributed by atoms with van der Waals surface area (Å²) in [5.74, 6) is 0.645. The molecule has 0 aliphatic heterocycles. The molecule has 1 aromatic carbocycles. The first-order chi connectivity index (χ1) is 7.13. The van der Waals surface area contributed by atoms with Gasteiger partial charge in [0.1, 0.15) is 17.1 Å². The minimum atomic E-state index is -0.0930. The van der Waals surface area contributed by atoms with Gasteiger partial charge in [-0.05, 0) is 19.1 Å². The van der Waals surface area contributed by atoms with Gasteiger partial charge in [-0.25, -0.2) is 4.98 Å². The van der Waals surface area contributed by atoms with Crippen molar-refractivity contribution in [2.75, 3.05) is 0 Å². The Kier molecular flexibility index (Phi) is 2.19. The molecule has 0 fully saturated rings. The van der Waals surface area contributed by atoms with E-state index in [-0.39, 0.29) is 11.5 Å². The predicted octanol–water partition coefficient (Wildman–Crippen LogP) is 2.17. The molecule has 0 saturated heterocycles. The number of carbonyl (C=O) groups is 1. The van der Waals surface area contributed by atoms with E-state index in [1.54, 1.807) is 13.0 Å². The third-order valence-electron chi connectivity index (χ3n) is 2.35. The summed E-state index contributed by atoms with van der Waals surface area (Å²) in [6.07, 6.45) is 0.360. The van der Waals surface area contributed by atoms with Crippen molar-refractivity contribution < 1.29 is 9.90 Å². The van der Waals surface area contributed by atoms with Crippen molar-refractivity contribution in [3.8, 4) is 5.75 Å². The lowest BCUT2D eigenvalue weighted by atomic mass is 10.1. The lowest BCUT2D eigenvalue weighted by Gasteiger charge is -2.02. The third-order valence-corrected chi connectivity index (χ3v) is 2.35. The Balaban J connectivity index is 2.78. The van der Waals surface area contributed by atoms with Crippen molar-refractivity contribution in [2.24, 2.45) is 0 Å². The molecule has 4 nitrogen and oxygen atoms in total. The zero-order chi connectivity index (χ0) is 11.0. The topological polar surface area (TPSA) is 66.0 Å². The summed E-state index contributed by atoms with van der Waals surface area (Å²) >= 11 is 0. The van der Waals surface area contributed by atoms with E-state index in [9.17, 15) is 9.90 Å². The van der Waals surface area contributed by atoms with Crippen LogP contribution in [0.3, 0.4) is 0 Å². The monoisotopic (exact) mass is 204 g/mol. The Bertz CT molecular complexity index is 529. The van der Waals surface area contributed by atoms with Crippen LogP contribution in [-0.4, -0.2) is 20.9 Å². The van der Waals surface area contributed by atoms with Gasteiger partial charge in [0.2, 0.25) is 0 Å². The quantitative estimate of drug-likeness (QED) is 0.737. The first-order valence-electron chi connectivity index (χ1n) is 4.85. The largest absolute Gasteiger partial charge is 0.507 e. The zero-order valence-electron chi connectivity index (χ0n) is 8.66. The number of phenols is 1. The number of benzene rings is 1. The molecule has 15 heavy (non-hydrogen) atoms. The maximum absolute atomic E-state index is 11.6. The van der Waals surface area contributed by atoms with Gasteiger partial charge in [0.15, 0.2) is 5.78 Å². The van der Waals surface area contributed by atoms with E-state index in [4.69, 9.17) is 0 Å². The molecule has 0 spiro atoms. The summed E-state index contributed by atoms with van der Waals surface area (Å²) in [5.41, 5.74) is 1.65. The molecule has 0 amide bonds. The maximum atomic E-state index is 11.6. The summed E-state index contributed by atoms with van der Waals surface area (Å²) in [5, 5.41) is 9.64. The Hall–Kier alpha value is -1.84. The highest BCUT2D eigenvalue weighted by Crippen LogP contribution is 2.26. The van der Waals surface area contributed by atoms with Gasteiger partial charge in [-0.15, -0.1) is 0 Å². The highest BCUT2D eigenvalue weighted by molar-refractivity contribution is 6.08. The van der Waals surface area contributed by atoms with Crippen molar-refractivity contribution >= 4 is 16.8 Å². The standard InChI is InChI=1S/C11H12N2O2/c1-3-8(14)10-9(15)5-4-7-11(10)13-6(2)12-7/h4-5,15H,3H2,1-2H3,(H,12,13). The second-order valence-corrected chi connectivity index (χ2v) is 3.45. The van der Waals surface area contributed by atoms with Crippen molar-refractivity contribution in [1.82, 2.24) is 9.97 Å². The number of hydrogen-bond acceptors (Lipinski definition) is 3. The minimum Gasteiger partial charge on any atom is -0.507 e. The smallest absolute Gasteiger partial charge is 0.168 e. The summed E-state index contributed by atoms with van der Waals surface area (Å²) in [7, 11) is 0. The van der Waals surface area contributed by atoms with Gasteiger partial charge in [0.25, 0.3) is 0 Å². The number of hydrogen-bond donors (Lipinski definition) is 2. The van der Waals surface area contributed by atoms with Crippen LogP contribution in [0.15, 0.2) is 12.1 Å². The predicted molar refractivity (Wildman–Crippen MR) is 57.1 cm³/mol. The van der Waals surface area contributed by atoms with Crippen LogP contribution in [-0.2, 0) is 0 Å². The van der Waals surface area contributed by atoms with Crippen molar-refractivity contribution in [3.63, 3.8) is 0 Å². The molecule has 0 aliphatic rings. The normalized spacial score (nSPS) is 10.8. The number of rotatable bonds is 2. The maximum Gasteiger partial charge on any atom is 0.168 e. The zero-order valence-corrected chi connectivity index (χ0v) is 8.66. The lowest BCUT2D eigenvalue weighted by molar-refractivity contribution is 0.0987. The Morgan fingerprint density at radius 1 is 1.53 bits per heavy atom. The Labute approximate surface area is 87.0 Å². The minimum absolute atomic E-state index is 0.000787. The fraction of sp³-hybridized carbons (Fsp3) is 0.273. The number of fused-ring (bicyclic) bond motifs is 1. The van der Waals surface area contributed by atoms with Crippen LogP contribution in [0.5, 0.6) is 5.75 Å². The molecule has 0 saturated carbocycles. The Morgan fingerprint density at radius 2 is 2.27 bits per heavy atom. The van der Waals surface area contributed by atoms with E-state index in [0.29, 0.717) is 17.5 Å². The highest BCUT2D eigenvalue weighted by Gasteiger charge is 2.15. The van der Waals surface area contributed by atoms with Gasteiger partial charge in [0.05, 0.1) is 11.1 Å². The molecule has 1 aromatic heterocycles. The number of aryl methyl sites for hydroxylation is 1. The number of ketones is 1. The summed E-state index contributed by atoms with van der Waals surface area (Å²) in [4.78, 5) is 18.9. The lowest BCUT2D eigenvalue weighted by Crippen LogP contribution is -1.98. The third kappa shape index (κ3) is 1.48. The summed E-state index contributed by atoms with van der Waals surface area (Å²) in [6, 6.07) is 3.24. The molecular formula is C11H12N2O2. The molecule has 2 rings (SSSR count). The number of aromatic hydroxyl groups is 1. The van der Waals surface area contributed by atoms with Crippen molar-refractivity contribution in [2.45, 2.75) is 20.3 Å². The first-order valence-corrected chi connectivity index (χ1v) is 4.85. The van der Waals surface area contributed by atoms with Gasteiger partial charge < -0.3 is 10.1 Å². The van der Waals surface area contributed by atoms with E-state index < -0.39 is 0 Å². The van der Waals surface area contributed by atoms with Crippen molar-refractivity contribution in [3.05, 3.63) is 23.5 Å². The number of nitrogens with one attached hydrogen (secondary N) is 1. The van der Waals surface area contributed by atoms with Crippen LogP contribution < -0.4 is 0 Å². The number of phenolic OH excluding ortho intramolecular Hbond substituents is 1. The molecule has 2 N–H and O–H groups in total. The van der Waals surface area contributed by atoms with Gasteiger partial charge in [-0.3, -0.25) is 4.79 Å². The number of imidazole rings is 1. The van der Waals surface area contributed by atoms with Crippen LogP contribution in [0.1, 0.15) is 29.5 Å². The Morgan fingerprint density at radius 3 is 2.93 bits per heavy atom. The van der Waals surface area contributed by atoms with Gasteiger partial charge in [0, 0.05) is 6.42 Å². The molecule has 1 heterocycles. The average molecular weight is 204 g/mol. The van der Waals surface area contributed by atoms with E-state index in [1.165, 1.54) is 6.07 Å². The van der Waals surface area contributed by atoms with Crippen LogP contribution in [0.4, 0.5) is 0 Å². The SMILES string of the molecule is CCC(=O)c1c(O)ccc2[nH]c(C)nc12. The number of aromatic amines is 1. The fourth-order valence-corrected chi connectivity index (χ4v) is 1.64. The van der Waals surface area contributed by atoms with Gasteiger partial charge in [-0.1, -0.05) is 6.92 Å². The number of aromatic nitrogens is 2. The fourth-order valence-electron chi connectivity index (χ4n) is 1.64. The van der Waals surface area contributed by atoms with Crippen LogP contribution in [0, 0.1) is 6.92 Å². The summed E-state index contributed by atoms with van der Waals surface area (Å²) in [6.45, 7) is 3.58. The van der Waals surface area contributed by atoms with E-state index >= 15 is 0 Å². The second kappa shape index (κ2) is 3.38. The molecule has 0 aliphatic carbocycles. The molecular weight excluding hydrogens is 192 g/mol. The summed E-state index contributed by atoms with van der Waals surface area (Å²) < 4.78 is 0. The van der Waals surface area contributed by atoms with Gasteiger partial charge in [-0.2, -0.15) is 0 Å². The molecule has 0 atom stereocenters. The van der Waals surface area contributed by atoms with E-state index in [0.717, 1.165) is 11.3 Å². The molecule has 0 unspecified atom stereocenters. The second-order valence-electron chi connectivity index (χ2n) is 3.45. The van der Waals surface area contributed by atoms with Crippen molar-refractivity contribution in [1.29, 1.82) is 0 Å². The molecule has 0 bridgehead atoms. The van der Waals surface area contributed by atoms with Crippen LogP contribution >= 0.6 is 0 Å². The highest BCUT2D eigenvalue weighted by atomic mass is 16.3. The van der Waals surface area contributed by atoms with Gasteiger partial charge >= 0.3 is 0 Å².